The third-order valence-corrected chi connectivity index (χ3v) is 4.46. The second-order valence-corrected chi connectivity index (χ2v) is 6.51. The SMILES string of the molecule is CN(C)c1ncccc1OC1CCN(C(=O)CN2CCCC2=O)C1. The smallest absolute Gasteiger partial charge is 0.242 e. The number of amides is 2. The molecule has 0 saturated carbocycles. The van der Waals surface area contributed by atoms with Gasteiger partial charge in [0.05, 0.1) is 13.1 Å². The van der Waals surface area contributed by atoms with Gasteiger partial charge in [-0.2, -0.15) is 0 Å². The minimum Gasteiger partial charge on any atom is -0.485 e. The predicted octanol–water partition coefficient (Wildman–Crippen LogP) is 0.750. The normalized spacial score (nSPS) is 20.6. The molecule has 1 aromatic rings. The van der Waals surface area contributed by atoms with Gasteiger partial charge in [-0.25, -0.2) is 4.98 Å². The topological polar surface area (TPSA) is 66.0 Å². The summed E-state index contributed by atoms with van der Waals surface area (Å²) in [6, 6.07) is 3.74. The Morgan fingerprint density at radius 2 is 2.25 bits per heavy atom. The molecule has 7 heteroatoms. The summed E-state index contributed by atoms with van der Waals surface area (Å²) in [6.45, 7) is 2.12. The molecule has 0 radical (unpaired) electrons. The van der Waals surface area contributed by atoms with Crippen LogP contribution < -0.4 is 9.64 Å². The number of rotatable bonds is 5. The molecular weight excluding hydrogens is 308 g/mol. The molecule has 0 aromatic carbocycles. The molecule has 1 aromatic heterocycles. The van der Waals surface area contributed by atoms with Crippen LogP contribution in [0.2, 0.25) is 0 Å². The largest absolute Gasteiger partial charge is 0.485 e. The Labute approximate surface area is 142 Å². The molecule has 3 rings (SSSR count). The molecule has 2 amide bonds. The van der Waals surface area contributed by atoms with Crippen molar-refractivity contribution < 1.29 is 14.3 Å². The van der Waals surface area contributed by atoms with E-state index in [1.165, 1.54) is 0 Å². The molecule has 24 heavy (non-hydrogen) atoms. The van der Waals surface area contributed by atoms with Gasteiger partial charge in [-0.1, -0.05) is 0 Å². The summed E-state index contributed by atoms with van der Waals surface area (Å²) in [5.74, 6) is 1.61. The third kappa shape index (κ3) is 3.60. The predicted molar refractivity (Wildman–Crippen MR) is 90.0 cm³/mol. The number of anilines is 1. The van der Waals surface area contributed by atoms with Crippen LogP contribution in [0.3, 0.4) is 0 Å². The number of hydrogen-bond donors (Lipinski definition) is 0. The van der Waals surface area contributed by atoms with E-state index in [2.05, 4.69) is 4.98 Å². The molecule has 0 bridgehead atoms. The van der Waals surface area contributed by atoms with Gasteiger partial charge in [-0.05, 0) is 18.6 Å². The maximum atomic E-state index is 12.4. The van der Waals surface area contributed by atoms with Crippen LogP contribution >= 0.6 is 0 Å². The molecule has 2 saturated heterocycles. The highest BCUT2D eigenvalue weighted by molar-refractivity contribution is 5.86. The van der Waals surface area contributed by atoms with Crippen molar-refractivity contribution in [3.05, 3.63) is 18.3 Å². The fourth-order valence-electron chi connectivity index (χ4n) is 3.18. The second-order valence-electron chi connectivity index (χ2n) is 6.51. The molecule has 3 heterocycles. The Hall–Kier alpha value is -2.31. The number of likely N-dealkylation sites (tertiary alicyclic amines) is 2. The fraction of sp³-hybridized carbons (Fsp3) is 0.588. The van der Waals surface area contributed by atoms with Crippen LogP contribution in [0, 0.1) is 0 Å². The van der Waals surface area contributed by atoms with Crippen LogP contribution in [0.1, 0.15) is 19.3 Å². The molecule has 7 nitrogen and oxygen atoms in total. The molecule has 2 aliphatic rings. The summed E-state index contributed by atoms with van der Waals surface area (Å²) in [4.78, 5) is 33.7. The summed E-state index contributed by atoms with van der Waals surface area (Å²) in [5.41, 5.74) is 0. The standard InChI is InChI=1S/C17H24N4O3/c1-19(2)17-14(5-3-8-18-17)24-13-7-10-21(11-13)16(23)12-20-9-4-6-15(20)22/h3,5,8,13H,4,6-7,9-12H2,1-2H3. The van der Waals surface area contributed by atoms with Gasteiger partial charge in [0.15, 0.2) is 11.6 Å². The molecule has 1 unspecified atom stereocenters. The first-order chi connectivity index (χ1) is 11.5. The third-order valence-electron chi connectivity index (χ3n) is 4.46. The van der Waals surface area contributed by atoms with Crippen molar-refractivity contribution in [3.8, 4) is 5.75 Å². The van der Waals surface area contributed by atoms with Gasteiger partial charge in [0.1, 0.15) is 6.10 Å². The summed E-state index contributed by atoms with van der Waals surface area (Å²) in [7, 11) is 3.85. The van der Waals surface area contributed by atoms with Crippen LogP contribution in [0.15, 0.2) is 18.3 Å². The van der Waals surface area contributed by atoms with Gasteiger partial charge in [0, 0.05) is 46.2 Å². The maximum Gasteiger partial charge on any atom is 0.242 e. The van der Waals surface area contributed by atoms with E-state index in [1.54, 1.807) is 16.0 Å². The van der Waals surface area contributed by atoms with Crippen molar-refractivity contribution in [2.45, 2.75) is 25.4 Å². The van der Waals surface area contributed by atoms with E-state index in [1.807, 2.05) is 31.1 Å². The van der Waals surface area contributed by atoms with Crippen LogP contribution in [0.5, 0.6) is 5.75 Å². The van der Waals surface area contributed by atoms with Gasteiger partial charge in [0.25, 0.3) is 0 Å². The van der Waals surface area contributed by atoms with Gasteiger partial charge in [-0.15, -0.1) is 0 Å². The first-order valence-corrected chi connectivity index (χ1v) is 8.39. The van der Waals surface area contributed by atoms with E-state index in [9.17, 15) is 9.59 Å². The van der Waals surface area contributed by atoms with Crippen LogP contribution in [0.4, 0.5) is 5.82 Å². The summed E-state index contributed by atoms with van der Waals surface area (Å²) in [5, 5.41) is 0. The van der Waals surface area contributed by atoms with Gasteiger partial charge < -0.3 is 19.4 Å². The average Bonchev–Trinajstić information content (AvgIpc) is 3.17. The molecule has 2 aliphatic heterocycles. The van der Waals surface area contributed by atoms with Crippen LogP contribution in [-0.2, 0) is 9.59 Å². The van der Waals surface area contributed by atoms with E-state index in [4.69, 9.17) is 4.74 Å². The zero-order valence-corrected chi connectivity index (χ0v) is 14.3. The number of pyridine rings is 1. The van der Waals surface area contributed by atoms with E-state index >= 15 is 0 Å². The molecule has 1 atom stereocenters. The second kappa shape index (κ2) is 7.07. The van der Waals surface area contributed by atoms with Crippen molar-refractivity contribution in [3.63, 3.8) is 0 Å². The Morgan fingerprint density at radius 3 is 2.96 bits per heavy atom. The monoisotopic (exact) mass is 332 g/mol. The van der Waals surface area contributed by atoms with E-state index in [0.717, 1.165) is 24.4 Å². The number of carbonyl (C=O) groups excluding carboxylic acids is 2. The van der Waals surface area contributed by atoms with E-state index < -0.39 is 0 Å². The van der Waals surface area contributed by atoms with Gasteiger partial charge >= 0.3 is 0 Å². The number of hydrogen-bond acceptors (Lipinski definition) is 5. The maximum absolute atomic E-state index is 12.4. The minimum absolute atomic E-state index is 0.00960. The Kier molecular flexibility index (Phi) is 4.87. The highest BCUT2D eigenvalue weighted by atomic mass is 16.5. The highest BCUT2D eigenvalue weighted by Crippen LogP contribution is 2.26. The zero-order chi connectivity index (χ0) is 17.1. The van der Waals surface area contributed by atoms with Gasteiger partial charge in [-0.3, -0.25) is 9.59 Å². The van der Waals surface area contributed by atoms with E-state index in [-0.39, 0.29) is 24.5 Å². The summed E-state index contributed by atoms with van der Waals surface area (Å²) in [6.07, 6.45) is 3.91. The first kappa shape index (κ1) is 16.5. The lowest BCUT2D eigenvalue weighted by Crippen LogP contribution is -2.40. The van der Waals surface area contributed by atoms with Crippen molar-refractivity contribution in [2.24, 2.45) is 0 Å². The number of nitrogens with zero attached hydrogens (tertiary/aromatic N) is 4. The quantitative estimate of drug-likeness (QED) is 0.796. The lowest BCUT2D eigenvalue weighted by Gasteiger charge is -2.22. The molecule has 0 aliphatic carbocycles. The summed E-state index contributed by atoms with van der Waals surface area (Å²) >= 11 is 0. The van der Waals surface area contributed by atoms with Crippen molar-refractivity contribution in [1.82, 2.24) is 14.8 Å². The zero-order valence-electron chi connectivity index (χ0n) is 14.3. The summed E-state index contributed by atoms with van der Waals surface area (Å²) < 4.78 is 6.06. The lowest BCUT2D eigenvalue weighted by molar-refractivity contribution is -0.137. The molecule has 130 valence electrons. The Balaban J connectivity index is 1.56. The van der Waals surface area contributed by atoms with E-state index in [0.29, 0.717) is 26.1 Å². The average molecular weight is 332 g/mol. The van der Waals surface area contributed by atoms with Crippen molar-refractivity contribution >= 4 is 17.6 Å². The fourth-order valence-corrected chi connectivity index (χ4v) is 3.18. The number of ether oxygens (including phenoxy) is 1. The number of carbonyl (C=O) groups is 2. The van der Waals surface area contributed by atoms with Crippen molar-refractivity contribution in [2.75, 3.05) is 45.2 Å². The van der Waals surface area contributed by atoms with Gasteiger partial charge in [0.2, 0.25) is 11.8 Å². The van der Waals surface area contributed by atoms with Crippen LogP contribution in [-0.4, -0.2) is 73.0 Å². The Bertz CT molecular complexity index is 620. The first-order valence-electron chi connectivity index (χ1n) is 8.39. The lowest BCUT2D eigenvalue weighted by atomic mass is 10.3. The molecular formula is C17H24N4O3. The molecule has 0 N–H and O–H groups in total. The highest BCUT2D eigenvalue weighted by Gasteiger charge is 2.31. The number of aromatic nitrogens is 1. The van der Waals surface area contributed by atoms with Crippen LogP contribution in [0.25, 0.3) is 0 Å². The van der Waals surface area contributed by atoms with Crippen molar-refractivity contribution in [1.29, 1.82) is 0 Å². The molecule has 2 fully saturated rings. The Morgan fingerprint density at radius 1 is 1.42 bits per heavy atom. The minimum atomic E-state index is -0.0360. The molecule has 0 spiro atoms.